The number of hydrogen-bond donors (Lipinski definition) is 1. The van der Waals surface area contributed by atoms with Crippen LogP contribution in [0.5, 0.6) is 0 Å². The molecule has 1 saturated heterocycles. The maximum Gasteiger partial charge on any atom is 0.313 e. The number of hydrogen-bond acceptors (Lipinski definition) is 7. The minimum absolute atomic E-state index is 0.118. The first-order valence-electron chi connectivity index (χ1n) is 15.8. The van der Waals surface area contributed by atoms with Crippen LogP contribution >= 0.6 is 0 Å². The average Bonchev–Trinajstić information content (AvgIpc) is 3.04. The van der Waals surface area contributed by atoms with E-state index in [-0.39, 0.29) is 29.2 Å². The van der Waals surface area contributed by atoms with Crippen LogP contribution < -0.4 is 10.4 Å². The van der Waals surface area contributed by atoms with Crippen molar-refractivity contribution in [2.45, 2.75) is 77.7 Å². The van der Waals surface area contributed by atoms with Gasteiger partial charge in [0.2, 0.25) is 6.73 Å². The molecule has 3 aromatic heterocycles. The lowest BCUT2D eigenvalue weighted by Crippen LogP contribution is -2.53. The molecule has 5 rings (SSSR count). The minimum Gasteiger partial charge on any atom is -0.845 e. The summed E-state index contributed by atoms with van der Waals surface area (Å²) in [5.74, 6) is 0.341. The quantitative estimate of drug-likeness (QED) is 0.209. The van der Waals surface area contributed by atoms with E-state index in [1.54, 1.807) is 25.3 Å². The van der Waals surface area contributed by atoms with Crippen LogP contribution in [0.1, 0.15) is 82.0 Å². The van der Waals surface area contributed by atoms with Crippen molar-refractivity contribution in [2.75, 3.05) is 31.7 Å². The third kappa shape index (κ3) is 7.41. The number of alkyl halides is 2. The molecule has 10 heteroatoms. The van der Waals surface area contributed by atoms with Crippen LogP contribution in [0.3, 0.4) is 0 Å². The van der Waals surface area contributed by atoms with E-state index < -0.39 is 12.0 Å². The lowest BCUT2D eigenvalue weighted by atomic mass is 9.73. The minimum atomic E-state index is -2.59. The Bertz CT molecular complexity index is 1420. The number of aryl methyl sites for hydroxylation is 1. The van der Waals surface area contributed by atoms with E-state index in [0.29, 0.717) is 49.6 Å². The predicted octanol–water partition coefficient (Wildman–Crippen LogP) is 6.43. The molecule has 4 heterocycles. The Kier molecular flexibility index (Phi) is 9.90. The number of rotatable bonds is 10. The number of carbonyl (C=O) groups excluding carboxylic acids is 1. The fourth-order valence-electron chi connectivity index (χ4n) is 6.63. The van der Waals surface area contributed by atoms with Gasteiger partial charge in [-0.05, 0) is 93.8 Å². The Morgan fingerprint density at radius 3 is 2.48 bits per heavy atom. The summed E-state index contributed by atoms with van der Waals surface area (Å²) in [6, 6.07) is 9.89. The van der Waals surface area contributed by atoms with Gasteiger partial charge in [-0.25, -0.2) is 18.7 Å². The average molecular weight is 608 g/mol. The van der Waals surface area contributed by atoms with Crippen molar-refractivity contribution in [2.24, 2.45) is 11.8 Å². The third-order valence-electron chi connectivity index (χ3n) is 9.59. The van der Waals surface area contributed by atoms with Gasteiger partial charge in [-0.2, -0.15) is 0 Å². The maximum absolute atomic E-state index is 13.9. The van der Waals surface area contributed by atoms with E-state index in [2.05, 4.69) is 27.2 Å². The van der Waals surface area contributed by atoms with Crippen molar-refractivity contribution in [3.8, 4) is 11.3 Å². The zero-order valence-electron chi connectivity index (χ0n) is 25.9. The van der Waals surface area contributed by atoms with Crippen LogP contribution in [0.25, 0.3) is 11.3 Å². The molecule has 1 aliphatic heterocycles. The van der Waals surface area contributed by atoms with Gasteiger partial charge in [0, 0.05) is 29.2 Å². The summed E-state index contributed by atoms with van der Waals surface area (Å²) < 4.78 is 32.9. The molecule has 0 unspecified atom stereocenters. The zero-order chi connectivity index (χ0) is 31.3. The highest BCUT2D eigenvalue weighted by Gasteiger charge is 2.35. The number of ether oxygens (including phenoxy) is 1. The molecule has 1 saturated carbocycles. The fourth-order valence-corrected chi connectivity index (χ4v) is 6.63. The highest BCUT2D eigenvalue weighted by molar-refractivity contribution is 5.72. The first-order valence-corrected chi connectivity index (χ1v) is 15.8. The largest absolute Gasteiger partial charge is 0.845 e. The molecular weight excluding hydrogens is 564 g/mol. The second-order valence-electron chi connectivity index (χ2n) is 12.7. The second kappa shape index (κ2) is 13.6. The first kappa shape index (κ1) is 31.9. The van der Waals surface area contributed by atoms with E-state index in [1.165, 1.54) is 37.6 Å². The molecule has 0 radical (unpaired) electrons. The molecule has 44 heavy (non-hydrogen) atoms. The predicted molar refractivity (Wildman–Crippen MR) is 163 cm³/mol. The Hall–Kier alpha value is -3.50. The molecule has 236 valence electrons. The van der Waals surface area contributed by atoms with E-state index in [1.807, 2.05) is 19.1 Å². The lowest BCUT2D eigenvalue weighted by molar-refractivity contribution is -0.946. The van der Waals surface area contributed by atoms with E-state index >= 15 is 0 Å². The van der Waals surface area contributed by atoms with Gasteiger partial charge in [0.25, 0.3) is 6.43 Å². The van der Waals surface area contributed by atoms with Gasteiger partial charge in [-0.3, -0.25) is 14.3 Å². The monoisotopic (exact) mass is 607 g/mol. The van der Waals surface area contributed by atoms with Gasteiger partial charge in [0.1, 0.15) is 11.6 Å². The molecule has 0 amide bonds. The van der Waals surface area contributed by atoms with Crippen molar-refractivity contribution < 1.29 is 27.9 Å². The Morgan fingerprint density at radius 1 is 1.07 bits per heavy atom. The van der Waals surface area contributed by atoms with Crippen LogP contribution in [0.2, 0.25) is 0 Å². The number of nitrogens with zero attached hydrogens (tertiary/aromatic N) is 4. The number of esters is 1. The van der Waals surface area contributed by atoms with E-state index in [0.717, 1.165) is 35.2 Å². The summed E-state index contributed by atoms with van der Waals surface area (Å²) in [6.45, 7) is 9.37. The highest BCUT2D eigenvalue weighted by atomic mass is 19.3. The fraction of sp³-hybridized carbons (Fsp3) is 0.529. The second-order valence-corrected chi connectivity index (χ2v) is 12.7. The van der Waals surface area contributed by atoms with Crippen molar-refractivity contribution >= 4 is 17.6 Å². The summed E-state index contributed by atoms with van der Waals surface area (Å²) in [7, 11) is 0. The van der Waals surface area contributed by atoms with Crippen LogP contribution in [0.4, 0.5) is 20.4 Å². The molecule has 8 nitrogen and oxygen atoms in total. The number of aromatic nitrogens is 3. The number of halogens is 2. The summed E-state index contributed by atoms with van der Waals surface area (Å²) >= 11 is 0. The van der Waals surface area contributed by atoms with E-state index in [9.17, 15) is 18.7 Å². The van der Waals surface area contributed by atoms with Gasteiger partial charge in [0.05, 0.1) is 31.2 Å². The number of anilines is 2. The molecule has 3 aromatic rings. The molecular formula is C34H43F2N5O3. The Labute approximate surface area is 258 Å². The van der Waals surface area contributed by atoms with Gasteiger partial charge >= 0.3 is 5.97 Å². The molecule has 2 aliphatic rings. The highest BCUT2D eigenvalue weighted by Crippen LogP contribution is 2.39. The van der Waals surface area contributed by atoms with Gasteiger partial charge in [-0.15, -0.1) is 0 Å². The summed E-state index contributed by atoms with van der Waals surface area (Å²) in [5, 5.41) is 16.9. The SMILES string of the molecule is CC[N+]1(COC(=O)C2CCC([C@@](C)([O-])c3ccc(-c4cc(C)cc(Nc5cc(C(F)F)ccn5)n4)cn3)CC2)CCCCC1. The molecule has 0 spiro atoms. The standard InChI is InChI=1S/C34H43F2N5O3/c1-4-41(16-6-5-7-17-41)22-44-33(42)24-8-11-27(12-9-24)34(3,43)29-13-10-26(21-38-29)28-18-23(2)19-31(39-28)40-30-20-25(32(35)36)14-15-37-30/h10,13-15,18-21,24,27,32H,4-9,11-12,16-17,22H2,1-3H3,(H,37,39,40)/t24?,27?,34-/m1/s1. The van der Waals surface area contributed by atoms with Crippen molar-refractivity contribution in [1.82, 2.24) is 15.0 Å². The van der Waals surface area contributed by atoms with Gasteiger partial charge in [-0.1, -0.05) is 25.4 Å². The molecule has 1 atom stereocenters. The number of carbonyl (C=O) groups is 1. The topological polar surface area (TPSA) is 100 Å². The van der Waals surface area contributed by atoms with Gasteiger partial charge in [0.15, 0.2) is 0 Å². The number of piperidine rings is 1. The first-order chi connectivity index (χ1) is 21.1. The normalized spacial score (nSPS) is 21.4. The molecule has 0 aromatic carbocycles. The summed E-state index contributed by atoms with van der Waals surface area (Å²) in [6.07, 6.45) is 6.66. The van der Waals surface area contributed by atoms with Crippen LogP contribution in [0.15, 0.2) is 48.8 Å². The number of pyridine rings is 3. The van der Waals surface area contributed by atoms with Crippen LogP contribution in [0, 0.1) is 18.8 Å². The molecule has 1 aliphatic carbocycles. The smallest absolute Gasteiger partial charge is 0.313 e. The Balaban J connectivity index is 1.20. The zero-order valence-corrected chi connectivity index (χ0v) is 25.9. The number of likely N-dealkylation sites (tertiary alicyclic amines) is 1. The third-order valence-corrected chi connectivity index (χ3v) is 9.59. The van der Waals surface area contributed by atoms with Crippen molar-refractivity contribution in [3.63, 3.8) is 0 Å². The Morgan fingerprint density at radius 2 is 1.82 bits per heavy atom. The molecule has 0 bridgehead atoms. The number of quaternary nitrogens is 1. The van der Waals surface area contributed by atoms with Crippen molar-refractivity contribution in [3.05, 3.63) is 65.6 Å². The van der Waals surface area contributed by atoms with E-state index in [4.69, 9.17) is 4.74 Å². The van der Waals surface area contributed by atoms with Crippen LogP contribution in [-0.2, 0) is 15.1 Å². The van der Waals surface area contributed by atoms with Crippen LogP contribution in [-0.4, -0.2) is 51.8 Å². The summed E-state index contributed by atoms with van der Waals surface area (Å²) in [5.41, 5.74) is 1.23. The molecule has 2 fully saturated rings. The summed E-state index contributed by atoms with van der Waals surface area (Å²) in [4.78, 5) is 26.2. The molecule has 1 N–H and O–H groups in total. The lowest BCUT2D eigenvalue weighted by Gasteiger charge is -2.46. The maximum atomic E-state index is 13.9. The number of nitrogens with one attached hydrogen (secondary N) is 1. The van der Waals surface area contributed by atoms with Gasteiger partial charge < -0.3 is 15.2 Å². The van der Waals surface area contributed by atoms with Crippen molar-refractivity contribution in [1.29, 1.82) is 0 Å².